The fraction of sp³-hybridized carbons (Fsp3) is 0.273. The number of nitrogens with two attached hydrogens (primary N) is 1. The Morgan fingerprint density at radius 2 is 2.11 bits per heavy atom. The molecule has 0 fully saturated rings. The van der Waals surface area contributed by atoms with E-state index in [1.165, 1.54) is 0 Å². The van der Waals surface area contributed by atoms with Crippen LogP contribution in [0.15, 0.2) is 28.2 Å². The van der Waals surface area contributed by atoms with Crippen molar-refractivity contribution in [3.05, 3.63) is 33.8 Å². The molecule has 2 rings (SSSR count). The first kappa shape index (κ1) is 13.0. The molecule has 0 radical (unpaired) electrons. The maximum Gasteiger partial charge on any atom is 0.200 e. The van der Waals surface area contributed by atoms with Crippen LogP contribution in [0.4, 0.5) is 0 Å². The summed E-state index contributed by atoms with van der Waals surface area (Å²) in [5.41, 5.74) is 6.61. The molecule has 1 aromatic carbocycles. The molecule has 96 valence electrons. The van der Waals surface area contributed by atoms with Crippen molar-refractivity contribution in [3.8, 4) is 0 Å². The van der Waals surface area contributed by atoms with Crippen LogP contribution in [0.1, 0.15) is 12.5 Å². The zero-order valence-corrected chi connectivity index (χ0v) is 11.3. The highest BCUT2D eigenvalue weighted by Crippen LogP contribution is 2.22. The Hall–Kier alpha value is -1.46. The predicted octanol–water partition coefficient (Wildman–Crippen LogP) is 1.70. The number of hydrogen-bond donors (Lipinski definition) is 3. The van der Waals surface area contributed by atoms with Crippen molar-refractivity contribution in [1.82, 2.24) is 10.6 Å². The van der Waals surface area contributed by atoms with E-state index in [9.17, 15) is 0 Å². The standard InChI is InChI=1S/C11H13Cl2N5/c1-6-16-10(14)18-11(17-6)15-5-7-2-3-8(12)9(13)4-7/h2-4,6H,5H2,1H3,(H4,14,15,16,17,18). The van der Waals surface area contributed by atoms with Gasteiger partial charge in [-0.25, -0.2) is 9.98 Å². The summed E-state index contributed by atoms with van der Waals surface area (Å²) in [6.07, 6.45) is -0.178. The monoisotopic (exact) mass is 285 g/mol. The molecule has 0 aliphatic carbocycles. The molecule has 0 aromatic heterocycles. The molecule has 0 bridgehead atoms. The first-order valence-corrected chi connectivity index (χ1v) is 6.16. The molecule has 0 amide bonds. The van der Waals surface area contributed by atoms with Crippen LogP contribution in [0, 0.1) is 0 Å². The minimum Gasteiger partial charge on any atom is -0.370 e. The van der Waals surface area contributed by atoms with Crippen molar-refractivity contribution in [2.24, 2.45) is 15.7 Å². The summed E-state index contributed by atoms with van der Waals surface area (Å²) >= 11 is 11.8. The van der Waals surface area contributed by atoms with Gasteiger partial charge in [0.15, 0.2) is 5.96 Å². The second kappa shape index (κ2) is 5.46. The van der Waals surface area contributed by atoms with Gasteiger partial charge >= 0.3 is 0 Å². The minimum absolute atomic E-state index is 0.178. The van der Waals surface area contributed by atoms with Gasteiger partial charge in [0.05, 0.1) is 10.0 Å². The van der Waals surface area contributed by atoms with Gasteiger partial charge in [0, 0.05) is 6.54 Å². The molecule has 1 aliphatic heterocycles. The molecule has 1 atom stereocenters. The van der Waals surface area contributed by atoms with Gasteiger partial charge in [0.2, 0.25) is 5.96 Å². The molecular weight excluding hydrogens is 273 g/mol. The fourth-order valence-electron chi connectivity index (χ4n) is 1.53. The first-order chi connectivity index (χ1) is 8.54. The number of guanidine groups is 2. The van der Waals surface area contributed by atoms with E-state index in [0.29, 0.717) is 28.5 Å². The lowest BCUT2D eigenvalue weighted by Gasteiger charge is -2.17. The maximum atomic E-state index is 5.94. The van der Waals surface area contributed by atoms with Crippen LogP contribution in [0.3, 0.4) is 0 Å². The highest BCUT2D eigenvalue weighted by molar-refractivity contribution is 6.42. The molecular formula is C11H13Cl2N5. The van der Waals surface area contributed by atoms with Gasteiger partial charge in [0.1, 0.15) is 6.17 Å². The van der Waals surface area contributed by atoms with Gasteiger partial charge in [-0.05, 0) is 24.6 Å². The Kier molecular flexibility index (Phi) is 3.93. The Balaban J connectivity index is 1.98. The summed E-state index contributed by atoms with van der Waals surface area (Å²) in [6.45, 7) is 2.43. The van der Waals surface area contributed by atoms with E-state index in [2.05, 4.69) is 20.6 Å². The second-order valence-electron chi connectivity index (χ2n) is 3.85. The third-order valence-electron chi connectivity index (χ3n) is 2.33. The Morgan fingerprint density at radius 1 is 1.33 bits per heavy atom. The second-order valence-corrected chi connectivity index (χ2v) is 4.67. The number of hydrogen-bond acceptors (Lipinski definition) is 5. The zero-order valence-electron chi connectivity index (χ0n) is 9.74. The van der Waals surface area contributed by atoms with Crippen LogP contribution in [-0.2, 0) is 6.54 Å². The van der Waals surface area contributed by atoms with E-state index in [1.54, 1.807) is 12.1 Å². The van der Waals surface area contributed by atoms with E-state index in [-0.39, 0.29) is 6.17 Å². The first-order valence-electron chi connectivity index (χ1n) is 5.40. The highest BCUT2D eigenvalue weighted by atomic mass is 35.5. The average Bonchev–Trinajstić information content (AvgIpc) is 2.29. The Bertz CT molecular complexity index is 512. The highest BCUT2D eigenvalue weighted by Gasteiger charge is 2.10. The van der Waals surface area contributed by atoms with Gasteiger partial charge in [-0.3, -0.25) is 5.32 Å². The van der Waals surface area contributed by atoms with Crippen molar-refractivity contribution in [2.45, 2.75) is 19.6 Å². The summed E-state index contributed by atoms with van der Waals surface area (Å²) in [5.74, 6) is 0.954. The van der Waals surface area contributed by atoms with Crippen LogP contribution in [0.2, 0.25) is 10.0 Å². The van der Waals surface area contributed by atoms with Crippen molar-refractivity contribution < 1.29 is 0 Å². The minimum atomic E-state index is -0.178. The zero-order chi connectivity index (χ0) is 13.1. The van der Waals surface area contributed by atoms with Crippen LogP contribution < -0.4 is 16.4 Å². The third-order valence-corrected chi connectivity index (χ3v) is 3.07. The molecule has 7 heteroatoms. The molecule has 18 heavy (non-hydrogen) atoms. The quantitative estimate of drug-likeness (QED) is 0.774. The molecule has 1 unspecified atom stereocenters. The van der Waals surface area contributed by atoms with Gasteiger partial charge in [-0.15, -0.1) is 0 Å². The number of rotatable bonds is 2. The van der Waals surface area contributed by atoms with E-state index >= 15 is 0 Å². The molecule has 0 saturated heterocycles. The molecule has 1 heterocycles. The molecule has 1 aromatic rings. The van der Waals surface area contributed by atoms with Gasteiger partial charge in [-0.1, -0.05) is 29.3 Å². The topological polar surface area (TPSA) is 74.8 Å². The number of nitrogens with one attached hydrogen (secondary N) is 2. The predicted molar refractivity (Wildman–Crippen MR) is 75.0 cm³/mol. The summed E-state index contributed by atoms with van der Waals surface area (Å²) in [5, 5.41) is 7.04. The Morgan fingerprint density at radius 3 is 2.78 bits per heavy atom. The van der Waals surface area contributed by atoms with Crippen LogP contribution in [0.5, 0.6) is 0 Å². The van der Waals surface area contributed by atoms with Crippen molar-refractivity contribution in [2.75, 3.05) is 0 Å². The average molecular weight is 286 g/mol. The van der Waals surface area contributed by atoms with Crippen molar-refractivity contribution in [1.29, 1.82) is 0 Å². The normalized spacial score (nSPS) is 18.7. The molecule has 0 saturated carbocycles. The van der Waals surface area contributed by atoms with Crippen LogP contribution in [-0.4, -0.2) is 18.1 Å². The van der Waals surface area contributed by atoms with E-state index < -0.39 is 0 Å². The largest absolute Gasteiger partial charge is 0.370 e. The lowest BCUT2D eigenvalue weighted by atomic mass is 10.2. The molecule has 4 N–H and O–H groups in total. The number of halogens is 2. The van der Waals surface area contributed by atoms with Crippen molar-refractivity contribution >= 4 is 35.1 Å². The summed E-state index contributed by atoms with van der Waals surface area (Å²) in [6, 6.07) is 5.46. The van der Waals surface area contributed by atoms with Crippen LogP contribution in [0.25, 0.3) is 0 Å². The summed E-state index contributed by atoms with van der Waals surface area (Å²) in [4.78, 5) is 8.29. The SMILES string of the molecule is CC1N=C(N)NC(NCc2ccc(Cl)c(Cl)c2)=N1. The number of aliphatic imine (C=N–C) groups is 2. The number of benzene rings is 1. The fourth-order valence-corrected chi connectivity index (χ4v) is 1.85. The van der Waals surface area contributed by atoms with Gasteiger partial charge in [0.25, 0.3) is 0 Å². The lowest BCUT2D eigenvalue weighted by molar-refractivity contribution is 0.739. The Labute approximate surface area is 115 Å². The molecule has 5 nitrogen and oxygen atoms in total. The van der Waals surface area contributed by atoms with Crippen molar-refractivity contribution in [3.63, 3.8) is 0 Å². The third kappa shape index (κ3) is 3.27. The van der Waals surface area contributed by atoms with Gasteiger partial charge in [-0.2, -0.15) is 0 Å². The van der Waals surface area contributed by atoms with E-state index in [0.717, 1.165) is 5.56 Å². The smallest absolute Gasteiger partial charge is 0.200 e. The van der Waals surface area contributed by atoms with Crippen LogP contribution >= 0.6 is 23.2 Å². The number of nitrogens with zero attached hydrogens (tertiary/aromatic N) is 2. The van der Waals surface area contributed by atoms with E-state index in [4.69, 9.17) is 28.9 Å². The molecule has 0 spiro atoms. The van der Waals surface area contributed by atoms with E-state index in [1.807, 2.05) is 13.0 Å². The summed E-state index contributed by atoms with van der Waals surface area (Å²) < 4.78 is 0. The lowest BCUT2D eigenvalue weighted by Crippen LogP contribution is -2.47. The maximum absolute atomic E-state index is 5.94. The summed E-state index contributed by atoms with van der Waals surface area (Å²) in [7, 11) is 0. The van der Waals surface area contributed by atoms with Gasteiger partial charge < -0.3 is 11.1 Å². The molecule has 1 aliphatic rings.